The lowest BCUT2D eigenvalue weighted by atomic mass is 10.3. The first-order chi connectivity index (χ1) is 6.26. The second-order valence-corrected chi connectivity index (χ2v) is 3.74. The summed E-state index contributed by atoms with van der Waals surface area (Å²) in [5.74, 6) is 1.04. The third kappa shape index (κ3) is 4.39. The summed E-state index contributed by atoms with van der Waals surface area (Å²) in [6.07, 6.45) is 2.68. The molecule has 3 nitrogen and oxygen atoms in total. The van der Waals surface area contributed by atoms with Gasteiger partial charge in [0.15, 0.2) is 5.78 Å². The standard InChI is InChI=1S/C10H19NO2/c1-3-11(6-9-4-5-9)7-10(12)8-13-2/h9H,3-8H2,1-2H3. The van der Waals surface area contributed by atoms with Crippen LogP contribution in [0.4, 0.5) is 0 Å². The number of carbonyl (C=O) groups is 1. The number of nitrogens with zero attached hydrogens (tertiary/aromatic N) is 1. The first kappa shape index (κ1) is 10.7. The third-order valence-electron chi connectivity index (χ3n) is 2.37. The molecule has 0 aromatic rings. The minimum atomic E-state index is 0.185. The first-order valence-corrected chi connectivity index (χ1v) is 4.99. The highest BCUT2D eigenvalue weighted by atomic mass is 16.5. The highest BCUT2D eigenvalue weighted by Crippen LogP contribution is 2.29. The zero-order chi connectivity index (χ0) is 9.68. The van der Waals surface area contributed by atoms with Crippen LogP contribution in [-0.2, 0) is 9.53 Å². The molecule has 0 aromatic carbocycles. The highest BCUT2D eigenvalue weighted by Gasteiger charge is 2.24. The van der Waals surface area contributed by atoms with Crippen molar-refractivity contribution in [2.75, 3.05) is 33.4 Å². The summed E-state index contributed by atoms with van der Waals surface area (Å²) in [6.45, 7) is 4.96. The second kappa shape index (κ2) is 5.35. The van der Waals surface area contributed by atoms with Crippen LogP contribution in [0.3, 0.4) is 0 Å². The maximum absolute atomic E-state index is 11.2. The van der Waals surface area contributed by atoms with Crippen molar-refractivity contribution in [3.05, 3.63) is 0 Å². The van der Waals surface area contributed by atoms with Gasteiger partial charge in [-0.05, 0) is 25.3 Å². The summed E-state index contributed by atoms with van der Waals surface area (Å²) in [6, 6.07) is 0. The Hall–Kier alpha value is -0.410. The SMILES string of the molecule is CCN(CC(=O)COC)CC1CC1. The molecule has 1 aliphatic carbocycles. The van der Waals surface area contributed by atoms with E-state index in [1.165, 1.54) is 12.8 Å². The average molecular weight is 185 g/mol. The molecule has 0 amide bonds. The maximum Gasteiger partial charge on any atom is 0.172 e. The van der Waals surface area contributed by atoms with Gasteiger partial charge < -0.3 is 4.74 Å². The summed E-state index contributed by atoms with van der Waals surface area (Å²) in [4.78, 5) is 13.5. The minimum Gasteiger partial charge on any atom is -0.377 e. The zero-order valence-electron chi connectivity index (χ0n) is 8.58. The van der Waals surface area contributed by atoms with Crippen LogP contribution in [0.25, 0.3) is 0 Å². The molecule has 3 heteroatoms. The van der Waals surface area contributed by atoms with E-state index in [9.17, 15) is 4.79 Å². The van der Waals surface area contributed by atoms with Gasteiger partial charge in [-0.2, -0.15) is 0 Å². The number of methoxy groups -OCH3 is 1. The zero-order valence-corrected chi connectivity index (χ0v) is 8.58. The topological polar surface area (TPSA) is 29.5 Å². The van der Waals surface area contributed by atoms with Crippen molar-refractivity contribution in [2.24, 2.45) is 5.92 Å². The second-order valence-electron chi connectivity index (χ2n) is 3.74. The Morgan fingerprint density at radius 2 is 2.23 bits per heavy atom. The van der Waals surface area contributed by atoms with E-state index in [0.29, 0.717) is 6.54 Å². The Morgan fingerprint density at radius 3 is 2.69 bits per heavy atom. The lowest BCUT2D eigenvalue weighted by Gasteiger charge is -2.18. The van der Waals surface area contributed by atoms with Crippen LogP contribution in [-0.4, -0.2) is 44.0 Å². The number of hydrogen-bond acceptors (Lipinski definition) is 3. The van der Waals surface area contributed by atoms with E-state index in [-0.39, 0.29) is 12.4 Å². The number of Topliss-reactive ketones (excluding diaryl/α,β-unsaturated/α-hetero) is 1. The van der Waals surface area contributed by atoms with Crippen LogP contribution in [0.1, 0.15) is 19.8 Å². The van der Waals surface area contributed by atoms with Crippen molar-refractivity contribution < 1.29 is 9.53 Å². The molecule has 1 aliphatic rings. The molecule has 0 heterocycles. The first-order valence-electron chi connectivity index (χ1n) is 4.99. The number of rotatable bonds is 7. The van der Waals surface area contributed by atoms with Gasteiger partial charge in [-0.15, -0.1) is 0 Å². The summed E-state index contributed by atoms with van der Waals surface area (Å²) >= 11 is 0. The average Bonchev–Trinajstić information content (AvgIpc) is 2.87. The van der Waals surface area contributed by atoms with Crippen LogP contribution in [0.15, 0.2) is 0 Å². The lowest BCUT2D eigenvalue weighted by molar-refractivity contribution is -0.123. The molecule has 1 saturated carbocycles. The quantitative estimate of drug-likeness (QED) is 0.591. The van der Waals surface area contributed by atoms with Crippen LogP contribution in [0.2, 0.25) is 0 Å². The van der Waals surface area contributed by atoms with Gasteiger partial charge in [0.25, 0.3) is 0 Å². The molecule has 0 atom stereocenters. The van der Waals surface area contributed by atoms with Crippen LogP contribution < -0.4 is 0 Å². The Labute approximate surface area is 80.1 Å². The third-order valence-corrected chi connectivity index (χ3v) is 2.37. The molecular weight excluding hydrogens is 166 g/mol. The fourth-order valence-electron chi connectivity index (χ4n) is 1.43. The number of hydrogen-bond donors (Lipinski definition) is 0. The molecule has 0 bridgehead atoms. The van der Waals surface area contributed by atoms with E-state index in [1.807, 2.05) is 0 Å². The lowest BCUT2D eigenvalue weighted by Crippen LogP contribution is -2.33. The van der Waals surface area contributed by atoms with E-state index in [4.69, 9.17) is 4.74 Å². The van der Waals surface area contributed by atoms with E-state index in [2.05, 4.69) is 11.8 Å². The predicted octanol–water partition coefficient (Wildman–Crippen LogP) is 0.934. The predicted molar refractivity (Wildman–Crippen MR) is 51.7 cm³/mol. The molecule has 13 heavy (non-hydrogen) atoms. The molecule has 0 radical (unpaired) electrons. The molecule has 76 valence electrons. The van der Waals surface area contributed by atoms with Gasteiger partial charge in [0.2, 0.25) is 0 Å². The van der Waals surface area contributed by atoms with Gasteiger partial charge in [0.05, 0.1) is 6.54 Å². The minimum absolute atomic E-state index is 0.185. The van der Waals surface area contributed by atoms with Crippen molar-refractivity contribution in [3.63, 3.8) is 0 Å². The van der Waals surface area contributed by atoms with E-state index >= 15 is 0 Å². The van der Waals surface area contributed by atoms with Crippen LogP contribution in [0, 0.1) is 5.92 Å². The highest BCUT2D eigenvalue weighted by molar-refractivity contribution is 5.81. The number of likely N-dealkylation sites (N-methyl/N-ethyl adjacent to an activating group) is 1. The van der Waals surface area contributed by atoms with E-state index in [1.54, 1.807) is 7.11 Å². The van der Waals surface area contributed by atoms with Gasteiger partial charge in [0, 0.05) is 13.7 Å². The van der Waals surface area contributed by atoms with Crippen molar-refractivity contribution in [3.8, 4) is 0 Å². The van der Waals surface area contributed by atoms with Gasteiger partial charge in [0.1, 0.15) is 6.61 Å². The van der Waals surface area contributed by atoms with Gasteiger partial charge in [-0.1, -0.05) is 6.92 Å². The van der Waals surface area contributed by atoms with Crippen molar-refractivity contribution in [2.45, 2.75) is 19.8 Å². The maximum atomic E-state index is 11.2. The Kier molecular flexibility index (Phi) is 4.39. The molecule has 0 spiro atoms. The summed E-state index contributed by atoms with van der Waals surface area (Å²) in [5.41, 5.74) is 0. The molecule has 0 N–H and O–H groups in total. The molecular formula is C10H19NO2. The normalized spacial score (nSPS) is 16.5. The monoisotopic (exact) mass is 185 g/mol. The van der Waals surface area contributed by atoms with E-state index < -0.39 is 0 Å². The fraction of sp³-hybridized carbons (Fsp3) is 0.900. The molecule has 0 unspecified atom stereocenters. The summed E-state index contributed by atoms with van der Waals surface area (Å²) < 4.78 is 4.79. The Bertz CT molecular complexity index is 166. The smallest absolute Gasteiger partial charge is 0.172 e. The largest absolute Gasteiger partial charge is 0.377 e. The summed E-state index contributed by atoms with van der Waals surface area (Å²) in [5, 5.41) is 0. The molecule has 1 fully saturated rings. The van der Waals surface area contributed by atoms with Gasteiger partial charge in [-0.3, -0.25) is 9.69 Å². The molecule has 0 saturated heterocycles. The van der Waals surface area contributed by atoms with Gasteiger partial charge >= 0.3 is 0 Å². The van der Waals surface area contributed by atoms with Crippen molar-refractivity contribution >= 4 is 5.78 Å². The van der Waals surface area contributed by atoms with Crippen LogP contribution in [0.5, 0.6) is 0 Å². The number of ether oxygens (including phenoxy) is 1. The van der Waals surface area contributed by atoms with E-state index in [0.717, 1.165) is 19.0 Å². The molecule has 1 rings (SSSR count). The molecule has 0 aliphatic heterocycles. The van der Waals surface area contributed by atoms with Crippen LogP contribution >= 0.6 is 0 Å². The van der Waals surface area contributed by atoms with Gasteiger partial charge in [-0.25, -0.2) is 0 Å². The number of ketones is 1. The Morgan fingerprint density at radius 1 is 1.54 bits per heavy atom. The Balaban J connectivity index is 2.17. The number of carbonyl (C=O) groups excluding carboxylic acids is 1. The molecule has 0 aromatic heterocycles. The summed E-state index contributed by atoms with van der Waals surface area (Å²) in [7, 11) is 1.56. The van der Waals surface area contributed by atoms with Crippen molar-refractivity contribution in [1.29, 1.82) is 0 Å². The fourth-order valence-corrected chi connectivity index (χ4v) is 1.43. The van der Waals surface area contributed by atoms with Crippen molar-refractivity contribution in [1.82, 2.24) is 4.90 Å².